The summed E-state index contributed by atoms with van der Waals surface area (Å²) < 4.78 is 18.8. The number of furan rings is 1. The molecular weight excluding hydrogens is 585 g/mol. The molecule has 0 aliphatic rings. The first-order chi connectivity index (χ1) is 19.9. The molecule has 0 aliphatic heterocycles. The maximum atomic E-state index is 13.7. The number of aromatic nitrogens is 2. The van der Waals surface area contributed by atoms with E-state index < -0.39 is 0 Å². The number of ether oxygens (including phenoxy) is 2. The van der Waals surface area contributed by atoms with Crippen LogP contribution >= 0.6 is 34.8 Å². The minimum absolute atomic E-state index is 0.225. The molecule has 7 nitrogen and oxygen atoms in total. The molecule has 41 heavy (non-hydrogen) atoms. The van der Waals surface area contributed by atoms with Gasteiger partial charge in [-0.2, -0.15) is 9.78 Å². The van der Waals surface area contributed by atoms with Crippen molar-refractivity contribution in [2.75, 3.05) is 7.11 Å². The number of fused-ring (bicyclic) bond motifs is 2. The van der Waals surface area contributed by atoms with Gasteiger partial charge in [0.1, 0.15) is 23.7 Å². The predicted molar refractivity (Wildman–Crippen MR) is 163 cm³/mol. The fourth-order valence-electron chi connectivity index (χ4n) is 4.37. The summed E-state index contributed by atoms with van der Waals surface area (Å²) in [5.41, 5.74) is 2.11. The second-order valence-corrected chi connectivity index (χ2v) is 10.3. The van der Waals surface area contributed by atoms with Gasteiger partial charge in [0.05, 0.1) is 39.7 Å². The first-order valence-electron chi connectivity index (χ1n) is 12.4. The number of hydrogen-bond donors (Lipinski definition) is 0. The third-order valence-corrected chi connectivity index (χ3v) is 7.35. The van der Waals surface area contributed by atoms with Crippen LogP contribution in [-0.4, -0.2) is 23.0 Å². The highest BCUT2D eigenvalue weighted by atomic mass is 35.5. The average molecular weight is 605 g/mol. The van der Waals surface area contributed by atoms with Gasteiger partial charge in [0, 0.05) is 10.6 Å². The highest BCUT2D eigenvalue weighted by Crippen LogP contribution is 2.33. The largest absolute Gasteiger partial charge is 0.496 e. The smallest absolute Gasteiger partial charge is 0.282 e. The molecular formula is C31H20Cl3N3O4. The molecule has 2 aromatic heterocycles. The lowest BCUT2D eigenvalue weighted by atomic mass is 10.2. The van der Waals surface area contributed by atoms with E-state index in [9.17, 15) is 4.79 Å². The van der Waals surface area contributed by atoms with Gasteiger partial charge in [-0.05, 0) is 66.2 Å². The molecule has 0 atom stereocenters. The minimum Gasteiger partial charge on any atom is -0.496 e. The van der Waals surface area contributed by atoms with E-state index in [0.29, 0.717) is 54.4 Å². The molecule has 0 saturated heterocycles. The monoisotopic (exact) mass is 603 g/mol. The van der Waals surface area contributed by atoms with Crippen molar-refractivity contribution in [2.24, 2.45) is 5.10 Å². The molecule has 0 unspecified atom stereocenters. The van der Waals surface area contributed by atoms with Crippen LogP contribution in [0.25, 0.3) is 33.5 Å². The molecule has 6 aromatic rings. The van der Waals surface area contributed by atoms with Crippen LogP contribution in [0.4, 0.5) is 0 Å². The molecule has 2 heterocycles. The summed E-state index contributed by atoms with van der Waals surface area (Å²) in [5.74, 6) is 1.72. The summed E-state index contributed by atoms with van der Waals surface area (Å²) in [7, 11) is 1.59. The van der Waals surface area contributed by atoms with Crippen LogP contribution in [0.2, 0.25) is 15.1 Å². The SMILES string of the molecule is COc1cccc2oc(-c3nc4ccccc4c(=O)n3N=Cc3cc(Cl)ccc3OCc3ccc(Cl)c(Cl)c3)cc12. The zero-order valence-electron chi connectivity index (χ0n) is 21.5. The quantitative estimate of drug-likeness (QED) is 0.172. The first-order valence-corrected chi connectivity index (χ1v) is 13.5. The van der Waals surface area contributed by atoms with Gasteiger partial charge >= 0.3 is 0 Å². The standard InChI is InChI=1S/C31H20Cl3N3O4/c1-39-27-7-4-8-28-22(27)15-29(41-28)30-36-25-6-3-2-5-21(25)31(38)37(30)35-16-19-14-20(32)10-12-26(19)40-17-18-9-11-23(33)24(34)13-18/h2-16H,17H2,1H3. The highest BCUT2D eigenvalue weighted by Gasteiger charge is 2.18. The molecule has 10 heteroatoms. The maximum Gasteiger partial charge on any atom is 0.282 e. The Bertz CT molecular complexity index is 2020. The van der Waals surface area contributed by atoms with Gasteiger partial charge in [0.15, 0.2) is 5.76 Å². The van der Waals surface area contributed by atoms with Crippen molar-refractivity contribution in [1.29, 1.82) is 0 Å². The van der Waals surface area contributed by atoms with E-state index in [1.807, 2.05) is 30.3 Å². The van der Waals surface area contributed by atoms with Gasteiger partial charge in [-0.25, -0.2) is 4.98 Å². The molecule has 0 saturated carbocycles. The van der Waals surface area contributed by atoms with Crippen LogP contribution in [0.3, 0.4) is 0 Å². The van der Waals surface area contributed by atoms with Crippen LogP contribution in [0.15, 0.2) is 99.2 Å². The number of rotatable bonds is 7. The summed E-state index contributed by atoms with van der Waals surface area (Å²) in [6, 6.07) is 24.7. The summed E-state index contributed by atoms with van der Waals surface area (Å²) in [5, 5.41) is 7.07. The molecule has 204 valence electrons. The highest BCUT2D eigenvalue weighted by molar-refractivity contribution is 6.42. The number of methoxy groups -OCH3 is 1. The zero-order chi connectivity index (χ0) is 28.5. The van der Waals surface area contributed by atoms with E-state index >= 15 is 0 Å². The van der Waals surface area contributed by atoms with Gasteiger partial charge in [-0.15, -0.1) is 0 Å². The summed E-state index contributed by atoms with van der Waals surface area (Å²) >= 11 is 18.5. The van der Waals surface area contributed by atoms with Crippen molar-refractivity contribution in [3.05, 3.63) is 121 Å². The van der Waals surface area contributed by atoms with E-state index in [0.717, 1.165) is 10.9 Å². The lowest BCUT2D eigenvalue weighted by Gasteiger charge is -2.11. The Labute approximate surface area is 249 Å². The minimum atomic E-state index is -0.366. The molecule has 6 rings (SSSR count). The van der Waals surface area contributed by atoms with E-state index in [1.165, 1.54) is 10.9 Å². The van der Waals surface area contributed by atoms with Crippen LogP contribution in [0.5, 0.6) is 11.5 Å². The number of halogens is 3. The lowest BCUT2D eigenvalue weighted by molar-refractivity contribution is 0.306. The van der Waals surface area contributed by atoms with Gasteiger partial charge in [-0.3, -0.25) is 4.79 Å². The summed E-state index contributed by atoms with van der Waals surface area (Å²) in [4.78, 5) is 18.4. The Hall–Kier alpha value is -4.30. The van der Waals surface area contributed by atoms with Gasteiger partial charge < -0.3 is 13.9 Å². The molecule has 0 aliphatic carbocycles. The van der Waals surface area contributed by atoms with E-state index in [2.05, 4.69) is 5.10 Å². The summed E-state index contributed by atoms with van der Waals surface area (Å²) in [6.07, 6.45) is 1.50. The number of para-hydroxylation sites is 1. The maximum absolute atomic E-state index is 13.7. The number of benzene rings is 4. The average Bonchev–Trinajstić information content (AvgIpc) is 3.42. The van der Waals surface area contributed by atoms with Gasteiger partial charge in [0.2, 0.25) is 5.82 Å². The van der Waals surface area contributed by atoms with Crippen molar-refractivity contribution in [2.45, 2.75) is 6.61 Å². The van der Waals surface area contributed by atoms with Crippen molar-refractivity contribution in [3.63, 3.8) is 0 Å². The second-order valence-electron chi connectivity index (χ2n) is 9.02. The third-order valence-electron chi connectivity index (χ3n) is 6.38. The van der Waals surface area contributed by atoms with Crippen LogP contribution in [-0.2, 0) is 6.61 Å². The van der Waals surface area contributed by atoms with Crippen molar-refractivity contribution in [1.82, 2.24) is 9.66 Å². The van der Waals surface area contributed by atoms with Crippen molar-refractivity contribution < 1.29 is 13.9 Å². The fourth-order valence-corrected chi connectivity index (χ4v) is 4.88. The summed E-state index contributed by atoms with van der Waals surface area (Å²) in [6.45, 7) is 0.225. The molecule has 0 N–H and O–H groups in total. The molecule has 0 amide bonds. The first kappa shape index (κ1) is 26.9. The van der Waals surface area contributed by atoms with E-state index in [-0.39, 0.29) is 18.0 Å². The Balaban J connectivity index is 1.44. The van der Waals surface area contributed by atoms with Gasteiger partial charge in [0.25, 0.3) is 5.56 Å². The predicted octanol–water partition coefficient (Wildman–Crippen LogP) is 8.24. The fraction of sp³-hybridized carbons (Fsp3) is 0.0645. The Kier molecular flexibility index (Phi) is 7.41. The number of hydrogen-bond acceptors (Lipinski definition) is 6. The Morgan fingerprint density at radius 2 is 1.76 bits per heavy atom. The van der Waals surface area contributed by atoms with Gasteiger partial charge in [-0.1, -0.05) is 59.1 Å². The van der Waals surface area contributed by atoms with Crippen molar-refractivity contribution in [3.8, 4) is 23.1 Å². The zero-order valence-corrected chi connectivity index (χ0v) is 23.7. The molecule has 0 radical (unpaired) electrons. The Morgan fingerprint density at radius 3 is 2.59 bits per heavy atom. The second kappa shape index (κ2) is 11.3. The van der Waals surface area contributed by atoms with Crippen LogP contribution < -0.4 is 15.0 Å². The van der Waals surface area contributed by atoms with E-state index in [1.54, 1.807) is 61.7 Å². The van der Waals surface area contributed by atoms with E-state index in [4.69, 9.17) is 53.7 Å². The normalized spacial score (nSPS) is 11.5. The molecule has 0 fully saturated rings. The molecule has 4 aromatic carbocycles. The third kappa shape index (κ3) is 5.39. The molecule has 0 bridgehead atoms. The molecule has 0 spiro atoms. The lowest BCUT2D eigenvalue weighted by Crippen LogP contribution is -2.20. The number of nitrogens with zero attached hydrogens (tertiary/aromatic N) is 3. The van der Waals surface area contributed by atoms with Crippen LogP contribution in [0.1, 0.15) is 11.1 Å². The van der Waals surface area contributed by atoms with Crippen molar-refractivity contribution >= 4 is 62.9 Å². The topological polar surface area (TPSA) is 78.9 Å². The van der Waals surface area contributed by atoms with Crippen LogP contribution in [0, 0.1) is 0 Å². The Morgan fingerprint density at radius 1 is 0.902 bits per heavy atom.